The zero-order valence-electron chi connectivity index (χ0n) is 27.7. The van der Waals surface area contributed by atoms with Crippen LogP contribution in [0.15, 0.2) is 43.0 Å². The Morgan fingerprint density at radius 1 is 1.19 bits per heavy atom. The molecule has 2 saturated carbocycles. The Kier molecular flexibility index (Phi) is 9.89. The van der Waals surface area contributed by atoms with Gasteiger partial charge in [0.1, 0.15) is 17.6 Å². The molecule has 12 nitrogen and oxygen atoms in total. The zero-order chi connectivity index (χ0) is 34.1. The minimum atomic E-state index is -3.85. The molecule has 5 amide bonds. The van der Waals surface area contributed by atoms with Crippen molar-refractivity contribution in [3.05, 3.63) is 54.1 Å². The molecule has 0 radical (unpaired) electrons. The van der Waals surface area contributed by atoms with Crippen LogP contribution in [0.4, 0.5) is 4.79 Å². The third-order valence-corrected chi connectivity index (χ3v) is 11.3. The van der Waals surface area contributed by atoms with Crippen molar-refractivity contribution in [2.24, 2.45) is 11.3 Å². The van der Waals surface area contributed by atoms with Crippen LogP contribution >= 0.6 is 0 Å². The van der Waals surface area contributed by atoms with Crippen molar-refractivity contribution in [2.45, 2.75) is 94.9 Å². The Labute approximate surface area is 277 Å². The Morgan fingerprint density at radius 3 is 2.60 bits per heavy atom. The van der Waals surface area contributed by atoms with E-state index in [0.29, 0.717) is 19.4 Å². The molecule has 1 aromatic carbocycles. The van der Waals surface area contributed by atoms with Crippen molar-refractivity contribution >= 4 is 39.9 Å². The van der Waals surface area contributed by atoms with Gasteiger partial charge < -0.3 is 25.2 Å². The molecule has 1 saturated heterocycles. The van der Waals surface area contributed by atoms with Crippen LogP contribution in [0, 0.1) is 11.3 Å². The van der Waals surface area contributed by atoms with Crippen LogP contribution in [0.5, 0.6) is 0 Å². The SMILES string of the molecule is C=C[C@@H]1C[C@]1(NC(=O)[C@@H]1C[C@@H]2CN1C(=O)[C@H](C(C)(C)C)NC(=O)N(C)CCCC=Cc1cccc(c1)CO2)C(=O)NS(=O)(=O)C1CC1. The quantitative estimate of drug-likeness (QED) is 0.394. The summed E-state index contributed by atoms with van der Waals surface area (Å²) in [7, 11) is -2.17. The largest absolute Gasteiger partial charge is 0.372 e. The van der Waals surface area contributed by atoms with Gasteiger partial charge in [-0.05, 0) is 54.7 Å². The third kappa shape index (κ3) is 7.89. The Hall–Kier alpha value is -3.71. The minimum absolute atomic E-state index is 0.0922. The minimum Gasteiger partial charge on any atom is -0.372 e. The van der Waals surface area contributed by atoms with E-state index >= 15 is 0 Å². The Balaban J connectivity index is 1.43. The molecule has 4 aliphatic rings. The van der Waals surface area contributed by atoms with Gasteiger partial charge in [-0.25, -0.2) is 13.2 Å². The summed E-state index contributed by atoms with van der Waals surface area (Å²) in [5.41, 5.74) is -0.242. The molecule has 47 heavy (non-hydrogen) atoms. The van der Waals surface area contributed by atoms with Gasteiger partial charge in [0.15, 0.2) is 0 Å². The van der Waals surface area contributed by atoms with Crippen molar-refractivity contribution in [1.82, 2.24) is 25.2 Å². The first kappa shape index (κ1) is 34.6. The number of nitrogens with zero attached hydrogens (tertiary/aromatic N) is 2. The van der Waals surface area contributed by atoms with E-state index in [2.05, 4.69) is 28.0 Å². The summed E-state index contributed by atoms with van der Waals surface area (Å²) < 4.78 is 33.6. The normalized spacial score (nSPS) is 28.9. The van der Waals surface area contributed by atoms with E-state index in [1.165, 1.54) is 11.0 Å². The summed E-state index contributed by atoms with van der Waals surface area (Å²) in [4.78, 5) is 58.0. The second-order valence-corrected chi connectivity index (χ2v) is 16.3. The number of rotatable bonds is 6. The van der Waals surface area contributed by atoms with Gasteiger partial charge in [-0.2, -0.15) is 0 Å². The van der Waals surface area contributed by atoms with Crippen molar-refractivity contribution in [1.29, 1.82) is 0 Å². The maximum Gasteiger partial charge on any atom is 0.317 e. The van der Waals surface area contributed by atoms with Gasteiger partial charge in [0, 0.05) is 32.5 Å². The highest BCUT2D eigenvalue weighted by atomic mass is 32.2. The molecule has 3 fully saturated rings. The lowest BCUT2D eigenvalue weighted by Crippen LogP contribution is -2.61. The van der Waals surface area contributed by atoms with Gasteiger partial charge in [0.25, 0.3) is 5.91 Å². The number of nitrogens with one attached hydrogen (secondary N) is 3. The summed E-state index contributed by atoms with van der Waals surface area (Å²) >= 11 is 0. The lowest BCUT2D eigenvalue weighted by molar-refractivity contribution is -0.142. The average molecular weight is 670 g/mol. The number of fused-ring (bicyclic) bond motifs is 4. The number of benzene rings is 1. The summed E-state index contributed by atoms with van der Waals surface area (Å²) in [5.74, 6) is -2.32. The van der Waals surface area contributed by atoms with E-state index in [-0.39, 0.29) is 26.0 Å². The second kappa shape index (κ2) is 13.4. The molecule has 0 unspecified atom stereocenters. The lowest BCUT2D eigenvalue weighted by atomic mass is 9.85. The van der Waals surface area contributed by atoms with Crippen molar-refractivity contribution < 1.29 is 32.3 Å². The maximum atomic E-state index is 14.3. The van der Waals surface area contributed by atoms with Crippen LogP contribution in [-0.4, -0.2) is 91.1 Å². The van der Waals surface area contributed by atoms with Crippen molar-refractivity contribution in [3.8, 4) is 0 Å². The van der Waals surface area contributed by atoms with E-state index in [0.717, 1.165) is 24.0 Å². The van der Waals surface area contributed by atoms with Crippen LogP contribution in [0.25, 0.3) is 6.08 Å². The summed E-state index contributed by atoms with van der Waals surface area (Å²) in [5, 5.41) is 5.10. The molecule has 2 heterocycles. The van der Waals surface area contributed by atoms with E-state index in [1.807, 2.05) is 51.1 Å². The molecule has 2 aliphatic heterocycles. The van der Waals surface area contributed by atoms with Gasteiger partial charge in [0.05, 0.1) is 18.0 Å². The number of ether oxygens (including phenoxy) is 1. The summed E-state index contributed by atoms with van der Waals surface area (Å²) in [6, 6.07) is 5.53. The Bertz CT molecular complexity index is 1550. The van der Waals surface area contributed by atoms with Gasteiger partial charge in [-0.1, -0.05) is 57.2 Å². The number of carbonyl (C=O) groups is 4. The van der Waals surface area contributed by atoms with Crippen LogP contribution in [-0.2, 0) is 35.8 Å². The standard InChI is InChI=1S/C34H47N5O7S/c1-6-24-19-34(24,31(42)37-47(44,45)26-14-15-26)36-29(40)27-18-25-20-39(27)30(41)28(33(2,3)4)35-32(43)38(5)16-9-7-8-11-22-12-10-13-23(17-22)21-46-25/h6,8,10-13,17,24-28H,1,7,9,14-16,18-21H2,2-5H3,(H,35,43)(H,36,40)(H,37,42)/t24-,25-,27+,28-,34-/m1/s1. The molecular weight excluding hydrogens is 622 g/mol. The van der Waals surface area contributed by atoms with E-state index < -0.39 is 74.1 Å². The maximum absolute atomic E-state index is 14.3. The van der Waals surface area contributed by atoms with Crippen LogP contribution < -0.4 is 15.4 Å². The lowest BCUT2D eigenvalue weighted by Gasteiger charge is -2.36. The van der Waals surface area contributed by atoms with Crippen LogP contribution in [0.2, 0.25) is 0 Å². The number of allylic oxidation sites excluding steroid dienone is 1. The van der Waals surface area contributed by atoms with Gasteiger partial charge in [-0.15, -0.1) is 6.58 Å². The predicted octanol–water partition coefficient (Wildman–Crippen LogP) is 2.71. The van der Waals surface area contributed by atoms with Gasteiger partial charge in [-0.3, -0.25) is 19.1 Å². The second-order valence-electron chi connectivity index (χ2n) is 14.3. The molecule has 5 rings (SSSR count). The highest BCUT2D eigenvalue weighted by molar-refractivity contribution is 7.91. The smallest absolute Gasteiger partial charge is 0.317 e. The number of hydrogen-bond acceptors (Lipinski definition) is 7. The number of carbonyl (C=O) groups excluding carboxylic acids is 4. The first-order valence-corrected chi connectivity index (χ1v) is 17.9. The number of urea groups is 1. The molecule has 13 heteroatoms. The predicted molar refractivity (Wildman–Crippen MR) is 177 cm³/mol. The molecule has 0 spiro atoms. The van der Waals surface area contributed by atoms with Crippen molar-refractivity contribution in [2.75, 3.05) is 20.1 Å². The molecule has 3 N–H and O–H groups in total. The fraction of sp³-hybridized carbons (Fsp3) is 0.588. The molecule has 1 aromatic rings. The molecule has 0 aromatic heterocycles. The van der Waals surface area contributed by atoms with Crippen LogP contribution in [0.3, 0.4) is 0 Å². The summed E-state index contributed by atoms with van der Waals surface area (Å²) in [6.07, 6.45) is 7.92. The van der Waals surface area contributed by atoms with Gasteiger partial charge in [0.2, 0.25) is 21.8 Å². The average Bonchev–Trinajstić information content (AvgIpc) is 3.94. The first-order chi connectivity index (χ1) is 22.1. The molecular formula is C34H47N5O7S. The van der Waals surface area contributed by atoms with Crippen LogP contribution in [0.1, 0.15) is 70.4 Å². The van der Waals surface area contributed by atoms with E-state index in [9.17, 15) is 27.6 Å². The highest BCUT2D eigenvalue weighted by Crippen LogP contribution is 2.45. The monoisotopic (exact) mass is 669 g/mol. The summed E-state index contributed by atoms with van der Waals surface area (Å²) in [6.45, 7) is 10.1. The van der Waals surface area contributed by atoms with Gasteiger partial charge >= 0.3 is 6.03 Å². The third-order valence-electron chi connectivity index (χ3n) is 9.44. The Morgan fingerprint density at radius 2 is 1.94 bits per heavy atom. The van der Waals surface area contributed by atoms with E-state index in [1.54, 1.807) is 11.9 Å². The van der Waals surface area contributed by atoms with Crippen molar-refractivity contribution in [3.63, 3.8) is 0 Å². The molecule has 4 bridgehead atoms. The fourth-order valence-electron chi connectivity index (χ4n) is 6.25. The topological polar surface area (TPSA) is 154 Å². The molecule has 5 atom stereocenters. The number of hydrogen-bond donors (Lipinski definition) is 3. The number of sulfonamides is 1. The van der Waals surface area contributed by atoms with E-state index in [4.69, 9.17) is 4.74 Å². The fourth-order valence-corrected chi connectivity index (χ4v) is 7.61. The highest BCUT2D eigenvalue weighted by Gasteiger charge is 2.62. The zero-order valence-corrected chi connectivity index (χ0v) is 28.5. The first-order valence-electron chi connectivity index (χ1n) is 16.3. The number of amides is 5. The molecule has 2 aliphatic carbocycles. The molecule has 256 valence electrons.